The van der Waals surface area contributed by atoms with Crippen molar-refractivity contribution in [3.05, 3.63) is 39.9 Å². The molecule has 0 saturated carbocycles. The monoisotopic (exact) mass is 248 g/mol. The van der Waals surface area contributed by atoms with E-state index in [1.807, 2.05) is 0 Å². The van der Waals surface area contributed by atoms with Gasteiger partial charge in [0.25, 0.3) is 5.69 Å². The van der Waals surface area contributed by atoms with E-state index in [9.17, 15) is 15.2 Å². The number of nitro groups is 1. The number of halogens is 1. The predicted molar refractivity (Wildman–Crippen MR) is 60.4 cm³/mol. The van der Waals surface area contributed by atoms with Crippen LogP contribution in [-0.2, 0) is 0 Å². The molecule has 0 unspecified atom stereocenters. The lowest BCUT2D eigenvalue weighted by Crippen LogP contribution is -2.31. The highest BCUT2D eigenvalue weighted by Gasteiger charge is 2.16. The number of hydrogen-bond acceptors (Lipinski definition) is 5. The van der Waals surface area contributed by atoms with E-state index in [0.29, 0.717) is 5.56 Å². The second-order valence-corrected chi connectivity index (χ2v) is 3.14. The van der Waals surface area contributed by atoms with E-state index in [0.717, 1.165) is 0 Å². The molecule has 1 aromatic carbocycles. The van der Waals surface area contributed by atoms with Gasteiger partial charge < -0.3 is 15.9 Å². The van der Waals surface area contributed by atoms with Gasteiger partial charge in [-0.1, -0.05) is 0 Å². The van der Waals surface area contributed by atoms with Crippen LogP contribution in [0.4, 0.5) is 5.69 Å². The Morgan fingerprint density at radius 2 is 1.88 bits per heavy atom. The van der Waals surface area contributed by atoms with Gasteiger partial charge in [0.15, 0.2) is 0 Å². The molecule has 16 heavy (non-hydrogen) atoms. The summed E-state index contributed by atoms with van der Waals surface area (Å²) in [6.45, 7) is -0.349. The van der Waals surface area contributed by atoms with Gasteiger partial charge in [-0.25, -0.2) is 0 Å². The number of non-ortho nitro benzene ring substituents is 1. The van der Waals surface area contributed by atoms with Gasteiger partial charge in [-0.15, -0.1) is 12.4 Å². The molecule has 7 heteroatoms. The van der Waals surface area contributed by atoms with E-state index in [2.05, 4.69) is 0 Å². The summed E-state index contributed by atoms with van der Waals surface area (Å²) in [6.07, 6.45) is -1.02. The molecule has 0 heterocycles. The Morgan fingerprint density at radius 3 is 2.25 bits per heavy atom. The van der Waals surface area contributed by atoms with Crippen molar-refractivity contribution in [1.29, 1.82) is 0 Å². The summed E-state index contributed by atoms with van der Waals surface area (Å²) in [5.74, 6) is 0. The van der Waals surface area contributed by atoms with E-state index in [1.165, 1.54) is 24.3 Å². The molecular formula is C9H13ClN2O4. The average Bonchev–Trinajstić information content (AvgIpc) is 2.27. The third-order valence-electron chi connectivity index (χ3n) is 2.06. The zero-order chi connectivity index (χ0) is 11.4. The van der Waals surface area contributed by atoms with Crippen LogP contribution in [0.25, 0.3) is 0 Å². The maximum absolute atomic E-state index is 10.4. The van der Waals surface area contributed by atoms with Gasteiger partial charge in [0, 0.05) is 12.1 Å². The summed E-state index contributed by atoms with van der Waals surface area (Å²) in [5, 5.41) is 28.6. The van der Waals surface area contributed by atoms with Crippen LogP contribution < -0.4 is 5.73 Å². The number of rotatable bonds is 4. The van der Waals surface area contributed by atoms with Crippen LogP contribution in [0.3, 0.4) is 0 Å². The van der Waals surface area contributed by atoms with Crippen LogP contribution in [0.5, 0.6) is 0 Å². The summed E-state index contributed by atoms with van der Waals surface area (Å²) in [5.41, 5.74) is 5.81. The second-order valence-electron chi connectivity index (χ2n) is 3.14. The number of aliphatic hydroxyl groups is 2. The predicted octanol–water partition coefficient (Wildman–Crippen LogP) is 0.370. The number of nitrogens with two attached hydrogens (primary N) is 1. The Hall–Kier alpha value is -1.21. The average molecular weight is 249 g/mol. The molecule has 4 N–H and O–H groups in total. The molecule has 0 aliphatic carbocycles. The highest BCUT2D eigenvalue weighted by atomic mass is 35.5. The molecule has 2 atom stereocenters. The maximum Gasteiger partial charge on any atom is 0.269 e. The van der Waals surface area contributed by atoms with Crippen LogP contribution in [0.1, 0.15) is 11.7 Å². The van der Waals surface area contributed by atoms with Gasteiger partial charge in [-0.2, -0.15) is 0 Å². The zero-order valence-electron chi connectivity index (χ0n) is 8.31. The molecule has 0 aromatic heterocycles. The first kappa shape index (κ1) is 14.8. The number of aliphatic hydroxyl groups excluding tert-OH is 2. The molecule has 1 rings (SSSR count). The Morgan fingerprint density at radius 1 is 1.38 bits per heavy atom. The summed E-state index contributed by atoms with van der Waals surface area (Å²) < 4.78 is 0. The van der Waals surface area contributed by atoms with E-state index in [-0.39, 0.29) is 24.7 Å². The first-order valence-corrected chi connectivity index (χ1v) is 4.35. The van der Waals surface area contributed by atoms with Crippen molar-refractivity contribution >= 4 is 18.1 Å². The minimum Gasteiger partial charge on any atom is -0.395 e. The number of nitrogens with zero attached hydrogens (tertiary/aromatic N) is 1. The van der Waals surface area contributed by atoms with Crippen molar-refractivity contribution in [3.8, 4) is 0 Å². The van der Waals surface area contributed by atoms with Gasteiger partial charge in [0.05, 0.1) is 23.7 Å². The van der Waals surface area contributed by atoms with Crippen LogP contribution in [0.15, 0.2) is 24.3 Å². The Labute approximate surface area is 98.3 Å². The third kappa shape index (κ3) is 3.42. The lowest BCUT2D eigenvalue weighted by Gasteiger charge is -2.16. The fourth-order valence-corrected chi connectivity index (χ4v) is 1.14. The Balaban J connectivity index is 0.00000225. The summed E-state index contributed by atoms with van der Waals surface area (Å²) in [4.78, 5) is 9.82. The topological polar surface area (TPSA) is 110 Å². The van der Waals surface area contributed by atoms with Gasteiger partial charge in [-0.3, -0.25) is 10.1 Å². The van der Waals surface area contributed by atoms with Crippen LogP contribution in [-0.4, -0.2) is 27.8 Å². The maximum atomic E-state index is 10.4. The van der Waals surface area contributed by atoms with Gasteiger partial charge in [0.2, 0.25) is 0 Å². The van der Waals surface area contributed by atoms with E-state index >= 15 is 0 Å². The minimum atomic E-state index is -1.02. The molecule has 90 valence electrons. The molecule has 6 nitrogen and oxygen atoms in total. The first-order chi connectivity index (χ1) is 7.06. The molecule has 0 spiro atoms. The van der Waals surface area contributed by atoms with Crippen LogP contribution in [0, 0.1) is 10.1 Å². The molecule has 0 radical (unpaired) electrons. The molecule has 0 aliphatic rings. The van der Waals surface area contributed by atoms with Crippen LogP contribution in [0.2, 0.25) is 0 Å². The second kappa shape index (κ2) is 6.39. The standard InChI is InChI=1S/C9H12N2O4.ClH/c10-8(5-12)9(13)6-1-3-7(4-2-6)11(14)15;/h1-4,8-9,12-13H,5,10H2;1H/t8-,9-;/m0./s1. The summed E-state index contributed by atoms with van der Waals surface area (Å²) >= 11 is 0. The molecule has 0 bridgehead atoms. The van der Waals surface area contributed by atoms with E-state index < -0.39 is 17.1 Å². The van der Waals surface area contributed by atoms with Crippen molar-refractivity contribution < 1.29 is 15.1 Å². The summed E-state index contributed by atoms with van der Waals surface area (Å²) in [7, 11) is 0. The lowest BCUT2D eigenvalue weighted by molar-refractivity contribution is -0.384. The molecule has 1 aromatic rings. The molecular weight excluding hydrogens is 236 g/mol. The van der Waals surface area contributed by atoms with E-state index in [1.54, 1.807) is 0 Å². The van der Waals surface area contributed by atoms with Crippen molar-refractivity contribution in [2.45, 2.75) is 12.1 Å². The van der Waals surface area contributed by atoms with Gasteiger partial charge in [-0.05, 0) is 17.7 Å². The van der Waals surface area contributed by atoms with E-state index in [4.69, 9.17) is 10.8 Å². The third-order valence-corrected chi connectivity index (χ3v) is 2.06. The fraction of sp³-hybridized carbons (Fsp3) is 0.333. The van der Waals surface area contributed by atoms with Crippen molar-refractivity contribution in [2.24, 2.45) is 5.73 Å². The fourth-order valence-electron chi connectivity index (χ4n) is 1.14. The number of benzene rings is 1. The lowest BCUT2D eigenvalue weighted by atomic mass is 10.0. The molecule has 0 aliphatic heterocycles. The smallest absolute Gasteiger partial charge is 0.269 e. The molecule has 0 saturated heterocycles. The van der Waals surface area contributed by atoms with Gasteiger partial charge in [0.1, 0.15) is 0 Å². The highest BCUT2D eigenvalue weighted by molar-refractivity contribution is 5.85. The number of hydrogen-bond donors (Lipinski definition) is 3. The quantitative estimate of drug-likeness (QED) is 0.527. The van der Waals surface area contributed by atoms with Crippen LogP contribution >= 0.6 is 12.4 Å². The molecule has 0 fully saturated rings. The summed E-state index contributed by atoms with van der Waals surface area (Å²) in [6, 6.07) is 4.61. The van der Waals surface area contributed by atoms with Gasteiger partial charge >= 0.3 is 0 Å². The zero-order valence-corrected chi connectivity index (χ0v) is 9.13. The van der Waals surface area contributed by atoms with Crippen molar-refractivity contribution in [1.82, 2.24) is 0 Å². The minimum absolute atomic E-state index is 0. The Bertz CT molecular complexity index is 344. The first-order valence-electron chi connectivity index (χ1n) is 4.35. The normalized spacial score (nSPS) is 13.7. The number of nitro benzene ring substituents is 1. The highest BCUT2D eigenvalue weighted by Crippen LogP contribution is 2.19. The largest absolute Gasteiger partial charge is 0.395 e. The Kier molecular flexibility index (Phi) is 5.91. The van der Waals surface area contributed by atoms with Crippen molar-refractivity contribution in [2.75, 3.05) is 6.61 Å². The van der Waals surface area contributed by atoms with Crippen molar-refractivity contribution in [3.63, 3.8) is 0 Å². The SMILES string of the molecule is Cl.N[C@@H](CO)[C@@H](O)c1ccc([N+](=O)[O-])cc1. The molecule has 0 amide bonds.